The summed E-state index contributed by atoms with van der Waals surface area (Å²) in [6, 6.07) is 7.54. The molecule has 2 aromatic heterocycles. The summed E-state index contributed by atoms with van der Waals surface area (Å²) in [5.74, 6) is 0.237. The second-order valence-electron chi connectivity index (χ2n) is 4.95. The van der Waals surface area contributed by atoms with Crippen LogP contribution in [0.3, 0.4) is 0 Å². The van der Waals surface area contributed by atoms with E-state index < -0.39 is 10.8 Å². The highest BCUT2D eigenvalue weighted by atomic mass is 32.2. The minimum Gasteiger partial charge on any atom is -0.363 e. The maximum Gasteiger partial charge on any atom is 0.197 e. The Balaban J connectivity index is 1.93. The number of hydrogen-bond donors (Lipinski definition) is 2. The van der Waals surface area contributed by atoms with Crippen LogP contribution in [0.5, 0.6) is 0 Å². The number of aromatic amines is 2. The highest BCUT2D eigenvalue weighted by Crippen LogP contribution is 2.15. The number of pyridine rings is 1. The van der Waals surface area contributed by atoms with Gasteiger partial charge < -0.3 is 9.97 Å². The summed E-state index contributed by atoms with van der Waals surface area (Å²) in [4.78, 5) is 22.3. The molecule has 3 rings (SSSR count). The van der Waals surface area contributed by atoms with Crippen molar-refractivity contribution in [3.8, 4) is 0 Å². The van der Waals surface area contributed by atoms with Crippen LogP contribution in [0.1, 0.15) is 16.8 Å². The van der Waals surface area contributed by atoms with Crippen LogP contribution in [0.4, 0.5) is 0 Å². The second kappa shape index (κ2) is 5.29. The van der Waals surface area contributed by atoms with E-state index >= 15 is 0 Å². The molecule has 5 nitrogen and oxygen atoms in total. The topological polar surface area (TPSA) is 78.6 Å². The fraction of sp³-hybridized carbons (Fsp3) is 0.200. The molecule has 0 saturated heterocycles. The number of aryl methyl sites for hydroxylation is 1. The second-order valence-corrected chi connectivity index (χ2v) is 6.32. The third-order valence-electron chi connectivity index (χ3n) is 3.47. The van der Waals surface area contributed by atoms with Gasteiger partial charge in [0.1, 0.15) is 0 Å². The van der Waals surface area contributed by atoms with Gasteiger partial charge in [-0.15, -0.1) is 0 Å². The smallest absolute Gasteiger partial charge is 0.197 e. The average Bonchev–Trinajstić information content (AvgIpc) is 2.92. The Bertz CT molecular complexity index is 862. The van der Waals surface area contributed by atoms with E-state index in [0.717, 1.165) is 11.0 Å². The summed E-state index contributed by atoms with van der Waals surface area (Å²) in [6.45, 7) is 3.50. The Hall–Kier alpha value is -2.21. The minimum atomic E-state index is -1.33. The first-order valence-corrected chi connectivity index (χ1v) is 7.89. The molecule has 0 aliphatic heterocycles. The number of rotatable bonds is 3. The van der Waals surface area contributed by atoms with E-state index in [4.69, 9.17) is 0 Å². The Morgan fingerprint density at radius 3 is 2.76 bits per heavy atom. The van der Waals surface area contributed by atoms with Gasteiger partial charge in [0.2, 0.25) is 0 Å². The number of benzene rings is 1. The largest absolute Gasteiger partial charge is 0.363 e. The van der Waals surface area contributed by atoms with Gasteiger partial charge in [0.15, 0.2) is 10.6 Å². The molecular formula is C15H15N3O2S. The van der Waals surface area contributed by atoms with Crippen molar-refractivity contribution in [2.75, 3.05) is 0 Å². The molecule has 1 unspecified atom stereocenters. The monoisotopic (exact) mass is 301 g/mol. The highest BCUT2D eigenvalue weighted by molar-refractivity contribution is 7.84. The van der Waals surface area contributed by atoms with Crippen molar-refractivity contribution in [1.82, 2.24) is 15.0 Å². The average molecular weight is 301 g/mol. The molecule has 0 aliphatic carbocycles. The van der Waals surface area contributed by atoms with Crippen LogP contribution in [-0.2, 0) is 16.6 Å². The molecule has 1 atom stereocenters. The number of fused-ring (bicyclic) bond motifs is 1. The van der Waals surface area contributed by atoms with Gasteiger partial charge >= 0.3 is 0 Å². The summed E-state index contributed by atoms with van der Waals surface area (Å²) < 4.78 is 12.4. The summed E-state index contributed by atoms with van der Waals surface area (Å²) in [5, 5.41) is 0.428. The summed E-state index contributed by atoms with van der Waals surface area (Å²) in [5.41, 5.74) is 3.59. The molecule has 108 valence electrons. The quantitative estimate of drug-likeness (QED) is 0.778. The van der Waals surface area contributed by atoms with Crippen LogP contribution in [0.15, 0.2) is 40.4 Å². The van der Waals surface area contributed by atoms with Gasteiger partial charge in [0, 0.05) is 23.0 Å². The number of imidazole rings is 1. The lowest BCUT2D eigenvalue weighted by atomic mass is 10.2. The van der Waals surface area contributed by atoms with E-state index in [1.807, 2.05) is 24.3 Å². The first-order chi connectivity index (χ1) is 10.1. The van der Waals surface area contributed by atoms with Crippen LogP contribution >= 0.6 is 0 Å². The molecule has 3 aromatic rings. The van der Waals surface area contributed by atoms with E-state index in [1.54, 1.807) is 20.0 Å². The summed E-state index contributed by atoms with van der Waals surface area (Å²) in [6.07, 6.45) is 1.65. The van der Waals surface area contributed by atoms with Crippen molar-refractivity contribution in [1.29, 1.82) is 0 Å². The number of hydrogen-bond acceptors (Lipinski definition) is 3. The van der Waals surface area contributed by atoms with Crippen LogP contribution in [0.2, 0.25) is 0 Å². The molecule has 0 radical (unpaired) electrons. The van der Waals surface area contributed by atoms with E-state index in [9.17, 15) is 9.00 Å². The van der Waals surface area contributed by atoms with Gasteiger partial charge in [-0.05, 0) is 26.0 Å². The molecular weight excluding hydrogens is 286 g/mol. The van der Waals surface area contributed by atoms with Crippen molar-refractivity contribution in [2.24, 2.45) is 0 Å². The molecule has 21 heavy (non-hydrogen) atoms. The molecule has 6 heteroatoms. The van der Waals surface area contributed by atoms with Gasteiger partial charge in [-0.2, -0.15) is 0 Å². The third kappa shape index (κ3) is 2.54. The Morgan fingerprint density at radius 1 is 1.24 bits per heavy atom. The minimum absolute atomic E-state index is 0.00893. The number of para-hydroxylation sites is 2. The molecule has 2 N–H and O–H groups in total. The maximum absolute atomic E-state index is 12.4. The molecule has 0 saturated carbocycles. The standard InChI is InChI=1S/C15H15N3O2S/c1-9-7-16-13(10(2)14(9)19)8-21(20)15-17-11-5-3-4-6-12(11)18-15/h3-7H,8H2,1-2H3,(H,16,19)(H,17,18). The van der Waals surface area contributed by atoms with E-state index in [1.165, 1.54) is 0 Å². The molecule has 1 aromatic carbocycles. The van der Waals surface area contributed by atoms with Crippen molar-refractivity contribution >= 4 is 21.8 Å². The number of nitrogens with one attached hydrogen (secondary N) is 2. The van der Waals surface area contributed by atoms with Crippen LogP contribution in [0.25, 0.3) is 11.0 Å². The Morgan fingerprint density at radius 2 is 2.00 bits per heavy atom. The van der Waals surface area contributed by atoms with Gasteiger partial charge in [0.05, 0.1) is 27.6 Å². The zero-order valence-corrected chi connectivity index (χ0v) is 12.6. The first kappa shape index (κ1) is 13.8. The number of nitrogens with zero attached hydrogens (tertiary/aromatic N) is 1. The third-order valence-corrected chi connectivity index (χ3v) is 4.65. The van der Waals surface area contributed by atoms with Crippen LogP contribution in [-0.4, -0.2) is 19.2 Å². The number of aromatic nitrogens is 3. The fourth-order valence-corrected chi connectivity index (χ4v) is 3.31. The van der Waals surface area contributed by atoms with Gasteiger partial charge in [-0.3, -0.25) is 9.00 Å². The molecule has 0 bridgehead atoms. The molecule has 0 fully saturated rings. The van der Waals surface area contributed by atoms with Crippen molar-refractivity contribution in [2.45, 2.75) is 24.8 Å². The predicted molar refractivity (Wildman–Crippen MR) is 82.7 cm³/mol. The van der Waals surface area contributed by atoms with Gasteiger partial charge in [-0.1, -0.05) is 12.1 Å². The van der Waals surface area contributed by atoms with Crippen LogP contribution in [0, 0.1) is 13.8 Å². The molecule has 0 spiro atoms. The Labute approximate surface area is 123 Å². The van der Waals surface area contributed by atoms with E-state index in [2.05, 4.69) is 15.0 Å². The summed E-state index contributed by atoms with van der Waals surface area (Å²) in [7, 11) is -1.33. The van der Waals surface area contributed by atoms with Crippen molar-refractivity contribution < 1.29 is 4.21 Å². The van der Waals surface area contributed by atoms with Gasteiger partial charge in [-0.25, -0.2) is 4.98 Å². The lowest BCUT2D eigenvalue weighted by Gasteiger charge is -2.05. The molecule has 0 aliphatic rings. The zero-order chi connectivity index (χ0) is 15.0. The lowest BCUT2D eigenvalue weighted by Crippen LogP contribution is -2.14. The normalized spacial score (nSPS) is 12.7. The van der Waals surface area contributed by atoms with Crippen molar-refractivity contribution in [3.63, 3.8) is 0 Å². The zero-order valence-electron chi connectivity index (χ0n) is 11.8. The number of H-pyrrole nitrogens is 2. The lowest BCUT2D eigenvalue weighted by molar-refractivity contribution is 0.676. The maximum atomic E-state index is 12.4. The molecule has 0 amide bonds. The summed E-state index contributed by atoms with van der Waals surface area (Å²) >= 11 is 0. The highest BCUT2D eigenvalue weighted by Gasteiger charge is 2.13. The van der Waals surface area contributed by atoms with Crippen molar-refractivity contribution in [3.05, 3.63) is 57.5 Å². The first-order valence-electron chi connectivity index (χ1n) is 6.57. The van der Waals surface area contributed by atoms with Crippen LogP contribution < -0.4 is 5.43 Å². The molecule has 2 heterocycles. The fourth-order valence-electron chi connectivity index (χ4n) is 2.19. The Kier molecular flexibility index (Phi) is 3.47. The van der Waals surface area contributed by atoms with E-state index in [0.29, 0.717) is 22.0 Å². The van der Waals surface area contributed by atoms with Gasteiger partial charge in [0.25, 0.3) is 0 Å². The predicted octanol–water partition coefficient (Wildman–Crippen LogP) is 2.18. The van der Waals surface area contributed by atoms with E-state index in [-0.39, 0.29) is 11.2 Å². The SMILES string of the molecule is Cc1c[nH]c(CS(=O)c2nc3ccccc3[nH]2)c(C)c1=O.